The maximum atomic E-state index is 12.7. The lowest BCUT2D eigenvalue weighted by molar-refractivity contribution is 0.0691. The van der Waals surface area contributed by atoms with Crippen LogP contribution in [0.3, 0.4) is 0 Å². The van der Waals surface area contributed by atoms with Crippen molar-refractivity contribution in [3.8, 4) is 5.75 Å². The molecule has 1 aromatic rings. The van der Waals surface area contributed by atoms with Crippen LogP contribution in [0.4, 0.5) is 4.39 Å². The van der Waals surface area contributed by atoms with Gasteiger partial charge in [0.15, 0.2) is 0 Å². The molecule has 0 amide bonds. The van der Waals surface area contributed by atoms with Gasteiger partial charge in [-0.15, -0.1) is 0 Å². The van der Waals surface area contributed by atoms with Crippen molar-refractivity contribution < 1.29 is 19.4 Å². The minimum Gasteiger partial charge on any atom is -0.506 e. The summed E-state index contributed by atoms with van der Waals surface area (Å²) in [5, 5.41) is 17.1. The zero-order chi connectivity index (χ0) is 9.30. The van der Waals surface area contributed by atoms with E-state index in [2.05, 4.69) is 0 Å². The molecule has 0 heterocycles. The van der Waals surface area contributed by atoms with E-state index >= 15 is 0 Å². The summed E-state index contributed by atoms with van der Waals surface area (Å²) in [6, 6.07) is 1.51. The van der Waals surface area contributed by atoms with Crippen LogP contribution in [0.2, 0.25) is 5.02 Å². The van der Waals surface area contributed by atoms with Gasteiger partial charge >= 0.3 is 5.97 Å². The first-order valence-electron chi connectivity index (χ1n) is 2.93. The predicted octanol–water partition coefficient (Wildman–Crippen LogP) is 1.88. The van der Waals surface area contributed by atoms with E-state index in [1.165, 1.54) is 0 Å². The molecule has 0 atom stereocenters. The highest BCUT2D eigenvalue weighted by Crippen LogP contribution is 2.25. The fourth-order valence-corrected chi connectivity index (χ4v) is 0.852. The Morgan fingerprint density at radius 2 is 2.08 bits per heavy atom. The van der Waals surface area contributed by atoms with Crippen molar-refractivity contribution in [1.29, 1.82) is 0 Å². The van der Waals surface area contributed by atoms with Gasteiger partial charge in [-0.1, -0.05) is 11.6 Å². The van der Waals surface area contributed by atoms with Crippen molar-refractivity contribution >= 4 is 17.6 Å². The number of phenolic OH excluding ortho intramolecular Hbond substituents is 1. The lowest BCUT2D eigenvalue weighted by atomic mass is 10.2. The maximum Gasteiger partial charge on any atom is 0.338 e. The Morgan fingerprint density at radius 3 is 2.58 bits per heavy atom. The topological polar surface area (TPSA) is 57.5 Å². The molecule has 0 saturated carbocycles. The van der Waals surface area contributed by atoms with Crippen LogP contribution < -0.4 is 0 Å². The fourth-order valence-electron chi connectivity index (χ4n) is 0.701. The second-order valence-electron chi connectivity index (χ2n) is 2.09. The second kappa shape index (κ2) is 2.98. The SMILES string of the molecule is O=C(O)c1cc(O)c(Cl)cc1F. The van der Waals surface area contributed by atoms with E-state index in [-0.39, 0.29) is 5.02 Å². The third-order valence-corrected chi connectivity index (χ3v) is 1.57. The minimum absolute atomic E-state index is 0.211. The predicted molar refractivity (Wildman–Crippen MR) is 40.0 cm³/mol. The van der Waals surface area contributed by atoms with Gasteiger partial charge in [-0.3, -0.25) is 0 Å². The summed E-state index contributed by atoms with van der Waals surface area (Å²) in [4.78, 5) is 10.3. The Balaban J connectivity index is 3.33. The lowest BCUT2D eigenvalue weighted by Gasteiger charge is -1.99. The molecule has 12 heavy (non-hydrogen) atoms. The molecule has 3 nitrogen and oxygen atoms in total. The van der Waals surface area contributed by atoms with Crippen LogP contribution in [0, 0.1) is 5.82 Å². The van der Waals surface area contributed by atoms with Crippen LogP contribution >= 0.6 is 11.6 Å². The van der Waals surface area contributed by atoms with Crippen LogP contribution in [0.25, 0.3) is 0 Å². The van der Waals surface area contributed by atoms with E-state index in [1.54, 1.807) is 0 Å². The van der Waals surface area contributed by atoms with Crippen LogP contribution in [0.15, 0.2) is 12.1 Å². The average Bonchev–Trinajstić information content (AvgIpc) is 1.96. The van der Waals surface area contributed by atoms with Gasteiger partial charge in [0, 0.05) is 0 Å². The molecule has 0 saturated heterocycles. The highest BCUT2D eigenvalue weighted by molar-refractivity contribution is 6.32. The van der Waals surface area contributed by atoms with Crippen molar-refractivity contribution in [2.24, 2.45) is 0 Å². The molecule has 64 valence electrons. The molecule has 0 aromatic heterocycles. The number of hydrogen-bond donors (Lipinski definition) is 2. The Bertz CT molecular complexity index is 338. The first-order chi connectivity index (χ1) is 5.52. The zero-order valence-corrected chi connectivity index (χ0v) is 6.47. The Labute approximate surface area is 72.0 Å². The van der Waals surface area contributed by atoms with Crippen LogP contribution in [0.1, 0.15) is 10.4 Å². The van der Waals surface area contributed by atoms with Crippen molar-refractivity contribution in [3.05, 3.63) is 28.5 Å². The second-order valence-corrected chi connectivity index (χ2v) is 2.50. The van der Waals surface area contributed by atoms with E-state index in [1.807, 2.05) is 0 Å². The van der Waals surface area contributed by atoms with Crippen LogP contribution in [0.5, 0.6) is 5.75 Å². The molecular formula is C7H4ClFO3. The fraction of sp³-hybridized carbons (Fsp3) is 0. The van der Waals surface area contributed by atoms with Crippen molar-refractivity contribution in [1.82, 2.24) is 0 Å². The molecule has 0 aliphatic rings. The van der Waals surface area contributed by atoms with E-state index in [9.17, 15) is 9.18 Å². The Morgan fingerprint density at radius 1 is 1.50 bits per heavy atom. The molecule has 0 aliphatic carbocycles. The summed E-state index contributed by atoms with van der Waals surface area (Å²) in [6.07, 6.45) is 0. The number of rotatable bonds is 1. The summed E-state index contributed by atoms with van der Waals surface area (Å²) in [7, 11) is 0. The van der Waals surface area contributed by atoms with Gasteiger partial charge in [0.05, 0.1) is 10.6 Å². The smallest absolute Gasteiger partial charge is 0.338 e. The number of phenols is 1. The summed E-state index contributed by atoms with van der Waals surface area (Å²) < 4.78 is 12.7. The summed E-state index contributed by atoms with van der Waals surface area (Å²) in [6.45, 7) is 0. The number of halogens is 2. The van der Waals surface area contributed by atoms with Gasteiger partial charge in [0.1, 0.15) is 11.6 Å². The zero-order valence-electron chi connectivity index (χ0n) is 5.71. The van der Waals surface area contributed by atoms with Crippen LogP contribution in [-0.2, 0) is 0 Å². The number of benzene rings is 1. The summed E-state index contributed by atoms with van der Waals surface area (Å²) in [5.74, 6) is -2.86. The Kier molecular flexibility index (Phi) is 2.19. The van der Waals surface area contributed by atoms with Crippen LogP contribution in [-0.4, -0.2) is 16.2 Å². The molecule has 0 unspecified atom stereocenters. The molecule has 5 heteroatoms. The molecule has 0 fully saturated rings. The number of aromatic carboxylic acids is 1. The highest BCUT2D eigenvalue weighted by Gasteiger charge is 2.13. The van der Waals surface area contributed by atoms with E-state index in [0.29, 0.717) is 0 Å². The number of hydrogen-bond acceptors (Lipinski definition) is 2. The monoisotopic (exact) mass is 190 g/mol. The molecular weight excluding hydrogens is 187 g/mol. The molecule has 1 aromatic carbocycles. The maximum absolute atomic E-state index is 12.7. The largest absolute Gasteiger partial charge is 0.506 e. The summed E-state index contributed by atoms with van der Waals surface area (Å²) >= 11 is 5.31. The first-order valence-corrected chi connectivity index (χ1v) is 3.31. The van der Waals surface area contributed by atoms with Gasteiger partial charge in [0.2, 0.25) is 0 Å². The average molecular weight is 191 g/mol. The van der Waals surface area contributed by atoms with Gasteiger partial charge in [0.25, 0.3) is 0 Å². The number of carbonyl (C=O) groups is 1. The van der Waals surface area contributed by atoms with Gasteiger partial charge < -0.3 is 10.2 Å². The molecule has 2 N–H and O–H groups in total. The number of carboxylic acid groups (broad SMARTS) is 1. The molecule has 0 radical (unpaired) electrons. The quantitative estimate of drug-likeness (QED) is 0.711. The third kappa shape index (κ3) is 1.48. The van der Waals surface area contributed by atoms with E-state index in [0.717, 1.165) is 12.1 Å². The first kappa shape index (κ1) is 8.80. The third-order valence-electron chi connectivity index (χ3n) is 1.27. The number of carboxylic acids is 1. The van der Waals surface area contributed by atoms with Crippen molar-refractivity contribution in [3.63, 3.8) is 0 Å². The normalized spacial score (nSPS) is 9.83. The standard InChI is InChI=1S/C7H4ClFO3/c8-4-2-5(9)3(7(11)12)1-6(4)10/h1-2,10H,(H,11,12). The van der Waals surface area contributed by atoms with Crippen molar-refractivity contribution in [2.75, 3.05) is 0 Å². The van der Waals surface area contributed by atoms with E-state index < -0.39 is 23.1 Å². The van der Waals surface area contributed by atoms with E-state index in [4.69, 9.17) is 21.8 Å². The number of aromatic hydroxyl groups is 1. The van der Waals surface area contributed by atoms with Gasteiger partial charge in [-0.05, 0) is 12.1 Å². The molecule has 0 spiro atoms. The molecule has 0 bridgehead atoms. The van der Waals surface area contributed by atoms with Gasteiger partial charge in [-0.2, -0.15) is 0 Å². The summed E-state index contributed by atoms with van der Waals surface area (Å²) in [5.41, 5.74) is -0.600. The highest BCUT2D eigenvalue weighted by atomic mass is 35.5. The Hall–Kier alpha value is -1.29. The van der Waals surface area contributed by atoms with Gasteiger partial charge in [-0.25, -0.2) is 9.18 Å². The minimum atomic E-state index is -1.44. The molecule has 1 rings (SSSR count). The molecule has 0 aliphatic heterocycles. The van der Waals surface area contributed by atoms with Crippen molar-refractivity contribution in [2.45, 2.75) is 0 Å². The lowest BCUT2D eigenvalue weighted by Crippen LogP contribution is -1.99.